The fraction of sp³-hybridized carbons (Fsp3) is 0.138. The highest BCUT2D eigenvalue weighted by Gasteiger charge is 2.34. The lowest BCUT2D eigenvalue weighted by Gasteiger charge is -2.16. The zero-order valence-electron chi connectivity index (χ0n) is 22.3. The van der Waals surface area contributed by atoms with E-state index in [9.17, 15) is 40.4 Å². The molecule has 0 saturated carbocycles. The second-order valence-electron chi connectivity index (χ2n) is 9.45. The molecule has 0 saturated heterocycles. The molecular formula is C29H21ClF4N2O6S. The number of fused-ring (bicyclic) bond motifs is 1. The number of anilines is 1. The van der Waals surface area contributed by atoms with Gasteiger partial charge in [-0.15, -0.1) is 0 Å². The molecule has 4 aromatic rings. The largest absolute Gasteiger partial charge is 0.422 e. The number of rotatable bonds is 7. The van der Waals surface area contributed by atoms with Gasteiger partial charge in [0.25, 0.3) is 5.91 Å². The smallest absolute Gasteiger partial charge is 0.418 e. The highest BCUT2D eigenvalue weighted by Crippen LogP contribution is 2.37. The van der Waals surface area contributed by atoms with Crippen molar-refractivity contribution in [2.75, 3.05) is 11.6 Å². The molecule has 0 fully saturated rings. The first-order valence-corrected chi connectivity index (χ1v) is 14.5. The van der Waals surface area contributed by atoms with Crippen LogP contribution in [-0.4, -0.2) is 26.5 Å². The van der Waals surface area contributed by atoms with Gasteiger partial charge in [-0.05, 0) is 60.0 Å². The van der Waals surface area contributed by atoms with E-state index in [1.165, 1.54) is 12.1 Å². The third-order valence-electron chi connectivity index (χ3n) is 6.07. The molecule has 1 aromatic heterocycles. The van der Waals surface area contributed by atoms with E-state index < -0.39 is 57.1 Å². The first-order chi connectivity index (χ1) is 20.0. The second-order valence-corrected chi connectivity index (χ2v) is 11.6. The molecule has 0 bridgehead atoms. The summed E-state index contributed by atoms with van der Waals surface area (Å²) in [7, 11) is -3.79. The van der Waals surface area contributed by atoms with Crippen LogP contribution in [0.5, 0.6) is 0 Å². The minimum Gasteiger partial charge on any atom is -0.422 e. The molecule has 0 spiro atoms. The summed E-state index contributed by atoms with van der Waals surface area (Å²) < 4.78 is 83.8. The third-order valence-corrected chi connectivity index (χ3v) is 7.05. The molecule has 0 aliphatic carbocycles. The highest BCUT2D eigenvalue weighted by molar-refractivity contribution is 7.89. The van der Waals surface area contributed by atoms with Crippen LogP contribution in [0.4, 0.5) is 23.2 Å². The average Bonchev–Trinajstić information content (AvgIpc) is 2.89. The number of nitrogens with one attached hydrogen (secondary N) is 2. The number of aryl methyl sites for hydroxylation is 1. The summed E-state index contributed by atoms with van der Waals surface area (Å²) in [6.45, 7) is 1.69. The van der Waals surface area contributed by atoms with Gasteiger partial charge in [0, 0.05) is 28.1 Å². The van der Waals surface area contributed by atoms with Gasteiger partial charge < -0.3 is 9.73 Å². The van der Waals surface area contributed by atoms with Gasteiger partial charge in [-0.25, -0.2) is 22.3 Å². The average molecular weight is 637 g/mol. The van der Waals surface area contributed by atoms with Gasteiger partial charge in [-0.3, -0.25) is 9.59 Å². The lowest BCUT2D eigenvalue weighted by molar-refractivity contribution is -0.137. The summed E-state index contributed by atoms with van der Waals surface area (Å²) in [6.07, 6.45) is -2.57. The Bertz CT molecular complexity index is 1970. The van der Waals surface area contributed by atoms with E-state index in [-0.39, 0.29) is 27.8 Å². The van der Waals surface area contributed by atoms with Crippen molar-refractivity contribution in [3.05, 3.63) is 104 Å². The van der Waals surface area contributed by atoms with Crippen LogP contribution in [0.2, 0.25) is 5.02 Å². The maximum absolute atomic E-state index is 13.5. The zero-order chi connectivity index (χ0) is 31.7. The van der Waals surface area contributed by atoms with Crippen LogP contribution in [0.3, 0.4) is 0 Å². The summed E-state index contributed by atoms with van der Waals surface area (Å²) >= 11 is 6.22. The SMILES string of the molecule is Cc1cc2c(-c3cccc(C=CC(=O)NS(C)(=O)=O)c3)c(CC(=O)Nc3ccc(F)cc3C(F)(F)F)c(=O)oc2cc1Cl. The van der Waals surface area contributed by atoms with Gasteiger partial charge in [0.05, 0.1) is 29.5 Å². The number of halogens is 5. The zero-order valence-corrected chi connectivity index (χ0v) is 23.9. The normalized spacial score (nSPS) is 12.1. The van der Waals surface area contributed by atoms with E-state index in [0.29, 0.717) is 22.1 Å². The Morgan fingerprint density at radius 1 is 1.07 bits per heavy atom. The molecule has 1 heterocycles. The quantitative estimate of drug-likeness (QED) is 0.149. The number of carbonyl (C=O) groups excluding carboxylic acids is 2. The van der Waals surface area contributed by atoms with Crippen LogP contribution < -0.4 is 15.7 Å². The lowest BCUT2D eigenvalue weighted by atomic mass is 9.93. The molecule has 8 nitrogen and oxygen atoms in total. The summed E-state index contributed by atoms with van der Waals surface area (Å²) in [5, 5.41) is 2.75. The maximum Gasteiger partial charge on any atom is 0.418 e. The van der Waals surface area contributed by atoms with E-state index in [4.69, 9.17) is 16.0 Å². The minimum absolute atomic E-state index is 0.0751. The Hall–Kier alpha value is -4.49. The first-order valence-electron chi connectivity index (χ1n) is 12.2. The molecule has 0 atom stereocenters. The molecule has 2 amide bonds. The molecule has 2 N–H and O–H groups in total. The molecule has 0 unspecified atom stereocenters. The van der Waals surface area contributed by atoms with Crippen LogP contribution in [0, 0.1) is 12.7 Å². The molecule has 43 heavy (non-hydrogen) atoms. The van der Waals surface area contributed by atoms with E-state index in [0.717, 1.165) is 24.5 Å². The molecule has 0 aliphatic heterocycles. The van der Waals surface area contributed by atoms with Crippen molar-refractivity contribution >= 4 is 56.2 Å². The first kappa shape index (κ1) is 31.4. The van der Waals surface area contributed by atoms with Crippen molar-refractivity contribution in [1.82, 2.24) is 4.72 Å². The van der Waals surface area contributed by atoms with Gasteiger partial charge in [-0.1, -0.05) is 29.8 Å². The highest BCUT2D eigenvalue weighted by atomic mass is 35.5. The predicted octanol–water partition coefficient (Wildman–Crippen LogP) is 5.85. The Morgan fingerprint density at radius 3 is 2.47 bits per heavy atom. The molecule has 0 radical (unpaired) electrons. The minimum atomic E-state index is -4.97. The molecule has 4 rings (SSSR count). The fourth-order valence-corrected chi connectivity index (χ4v) is 4.85. The van der Waals surface area contributed by atoms with Crippen LogP contribution >= 0.6 is 11.6 Å². The summed E-state index contributed by atoms with van der Waals surface area (Å²) in [5.74, 6) is -3.07. The third kappa shape index (κ3) is 7.67. The Morgan fingerprint density at radius 2 is 1.79 bits per heavy atom. The Labute approximate surface area is 247 Å². The summed E-state index contributed by atoms with van der Waals surface area (Å²) in [5.41, 5.74) is -1.60. The second kappa shape index (κ2) is 12.0. The van der Waals surface area contributed by atoms with Crippen LogP contribution in [0.15, 0.2) is 69.9 Å². The van der Waals surface area contributed by atoms with Crippen molar-refractivity contribution < 1.29 is 40.0 Å². The van der Waals surface area contributed by atoms with Crippen molar-refractivity contribution in [3.63, 3.8) is 0 Å². The number of sulfonamides is 1. The molecule has 3 aromatic carbocycles. The van der Waals surface area contributed by atoms with Crippen LogP contribution in [0.1, 0.15) is 22.3 Å². The topological polar surface area (TPSA) is 123 Å². The summed E-state index contributed by atoms with van der Waals surface area (Å²) in [6, 6.07) is 11.1. The van der Waals surface area contributed by atoms with Gasteiger partial charge in [0.1, 0.15) is 11.4 Å². The standard InChI is InChI=1S/C29H21ClF4N2O6S/c1-15-10-19-24(14-22(15)30)42-28(39)20(13-26(38)35-23-8-7-18(31)12-21(23)29(32,33)34)27(19)17-5-3-4-16(11-17)6-9-25(37)36-43(2,40)41/h3-12,14H,13H2,1-2H3,(H,35,38)(H,36,37). The number of hydrogen-bond acceptors (Lipinski definition) is 6. The van der Waals surface area contributed by atoms with Gasteiger partial charge in [0.2, 0.25) is 15.9 Å². The molecule has 224 valence electrons. The summed E-state index contributed by atoms with van der Waals surface area (Å²) in [4.78, 5) is 38.1. The van der Waals surface area contributed by atoms with Crippen molar-refractivity contribution in [3.8, 4) is 11.1 Å². The van der Waals surface area contributed by atoms with E-state index in [1.54, 1.807) is 42.0 Å². The van der Waals surface area contributed by atoms with Crippen LogP contribution in [-0.2, 0) is 32.2 Å². The number of alkyl halides is 3. The molecule has 14 heteroatoms. The lowest BCUT2D eigenvalue weighted by Crippen LogP contribution is -2.27. The van der Waals surface area contributed by atoms with E-state index in [2.05, 4.69) is 5.32 Å². The van der Waals surface area contributed by atoms with Crippen molar-refractivity contribution in [2.24, 2.45) is 0 Å². The van der Waals surface area contributed by atoms with E-state index >= 15 is 0 Å². The molecular weight excluding hydrogens is 616 g/mol. The Kier molecular flexibility index (Phi) is 8.79. The number of benzene rings is 3. The van der Waals surface area contributed by atoms with Crippen molar-refractivity contribution in [1.29, 1.82) is 0 Å². The number of carbonyl (C=O) groups is 2. The molecule has 0 aliphatic rings. The predicted molar refractivity (Wildman–Crippen MR) is 153 cm³/mol. The van der Waals surface area contributed by atoms with Crippen LogP contribution in [0.25, 0.3) is 28.2 Å². The maximum atomic E-state index is 13.5. The number of amides is 2. The number of hydrogen-bond donors (Lipinski definition) is 2. The Balaban J connectivity index is 1.81. The van der Waals surface area contributed by atoms with Gasteiger partial charge >= 0.3 is 11.8 Å². The van der Waals surface area contributed by atoms with E-state index in [1.807, 2.05) is 0 Å². The fourth-order valence-electron chi connectivity index (χ4n) is 4.26. The van der Waals surface area contributed by atoms with Gasteiger partial charge in [0.15, 0.2) is 0 Å². The monoisotopic (exact) mass is 636 g/mol. The van der Waals surface area contributed by atoms with Crippen molar-refractivity contribution in [2.45, 2.75) is 19.5 Å². The van der Waals surface area contributed by atoms with Gasteiger partial charge in [-0.2, -0.15) is 13.2 Å².